The highest BCUT2D eigenvalue weighted by atomic mass is 35.5. The molecule has 0 aliphatic heterocycles. The lowest BCUT2D eigenvalue weighted by Crippen LogP contribution is -2.12. The monoisotopic (exact) mass is 210 g/mol. The second kappa shape index (κ2) is 4.97. The van der Waals surface area contributed by atoms with E-state index in [4.69, 9.17) is 27.7 Å². The highest BCUT2D eigenvalue weighted by molar-refractivity contribution is 6.30. The van der Waals surface area contributed by atoms with Crippen molar-refractivity contribution in [2.45, 2.75) is 19.1 Å². The quantitative estimate of drug-likeness (QED) is 0.799. The molecule has 1 aromatic rings. The minimum atomic E-state index is -0.388. The van der Waals surface area contributed by atoms with Crippen LogP contribution in [0.2, 0.25) is 5.02 Å². The van der Waals surface area contributed by atoms with Crippen molar-refractivity contribution in [2.75, 3.05) is 0 Å². The van der Waals surface area contributed by atoms with Crippen molar-refractivity contribution in [1.82, 2.24) is 0 Å². The normalized spacial score (nSPS) is 12.1. The van der Waals surface area contributed by atoms with Gasteiger partial charge in [0, 0.05) is 11.1 Å². The lowest BCUT2D eigenvalue weighted by atomic mass is 9.99. The highest BCUT2D eigenvalue weighted by Crippen LogP contribution is 2.22. The molecule has 74 valence electrons. The summed E-state index contributed by atoms with van der Waals surface area (Å²) < 4.78 is 0. The summed E-state index contributed by atoms with van der Waals surface area (Å²) in [5, 5.41) is 18.1. The lowest BCUT2D eigenvalue weighted by Gasteiger charge is -2.12. The van der Waals surface area contributed by atoms with Crippen LogP contribution in [0.4, 0.5) is 0 Å². The maximum Gasteiger partial charge on any atom is 0.0685 e. The summed E-state index contributed by atoms with van der Waals surface area (Å²) in [6.45, 7) is -0.0916. The van der Waals surface area contributed by atoms with Crippen molar-refractivity contribution in [2.24, 2.45) is 5.73 Å². The van der Waals surface area contributed by atoms with E-state index in [0.29, 0.717) is 5.02 Å². The minimum absolute atomic E-state index is 0.0916. The fourth-order valence-corrected chi connectivity index (χ4v) is 1.44. The number of nitriles is 1. The Hall–Kier alpha value is -1.08. The molecular weight excluding hydrogens is 200 g/mol. The van der Waals surface area contributed by atoms with E-state index in [2.05, 4.69) is 0 Å². The summed E-state index contributed by atoms with van der Waals surface area (Å²) in [7, 11) is 0. The van der Waals surface area contributed by atoms with Gasteiger partial charge in [0.2, 0.25) is 0 Å². The van der Waals surface area contributed by atoms with Crippen LogP contribution in [-0.4, -0.2) is 5.11 Å². The molecule has 0 radical (unpaired) electrons. The van der Waals surface area contributed by atoms with E-state index in [9.17, 15) is 0 Å². The Balaban J connectivity index is 3.04. The van der Waals surface area contributed by atoms with Gasteiger partial charge in [0.15, 0.2) is 0 Å². The third kappa shape index (κ3) is 2.46. The smallest absolute Gasteiger partial charge is 0.0685 e. The van der Waals surface area contributed by atoms with Gasteiger partial charge in [-0.05, 0) is 23.3 Å². The van der Waals surface area contributed by atoms with Gasteiger partial charge in [-0.3, -0.25) is 0 Å². The van der Waals surface area contributed by atoms with E-state index in [1.54, 1.807) is 18.2 Å². The fraction of sp³-hybridized carbons (Fsp3) is 0.300. The molecule has 0 unspecified atom stereocenters. The van der Waals surface area contributed by atoms with Crippen molar-refractivity contribution in [3.8, 4) is 6.07 Å². The second-order valence-corrected chi connectivity index (χ2v) is 3.41. The van der Waals surface area contributed by atoms with Gasteiger partial charge in [0.05, 0.1) is 19.1 Å². The van der Waals surface area contributed by atoms with E-state index in [0.717, 1.165) is 11.1 Å². The van der Waals surface area contributed by atoms with Crippen LogP contribution in [0, 0.1) is 11.3 Å². The van der Waals surface area contributed by atoms with E-state index >= 15 is 0 Å². The van der Waals surface area contributed by atoms with Crippen LogP contribution >= 0.6 is 11.6 Å². The lowest BCUT2D eigenvalue weighted by molar-refractivity contribution is 0.280. The SMILES string of the molecule is N#CC[C@@H](N)c1cc(Cl)ccc1CO. The van der Waals surface area contributed by atoms with Gasteiger partial charge < -0.3 is 10.8 Å². The van der Waals surface area contributed by atoms with Crippen LogP contribution in [0.15, 0.2) is 18.2 Å². The Morgan fingerprint density at radius 2 is 2.29 bits per heavy atom. The molecule has 0 amide bonds. The number of rotatable bonds is 3. The summed E-state index contributed by atoms with van der Waals surface area (Å²) >= 11 is 5.80. The van der Waals surface area contributed by atoms with Crippen molar-refractivity contribution < 1.29 is 5.11 Å². The maximum absolute atomic E-state index is 9.04. The average molecular weight is 211 g/mol. The number of nitrogens with two attached hydrogens (primary N) is 1. The van der Waals surface area contributed by atoms with E-state index in [1.165, 1.54) is 0 Å². The van der Waals surface area contributed by atoms with Crippen molar-refractivity contribution in [3.63, 3.8) is 0 Å². The van der Waals surface area contributed by atoms with Crippen LogP contribution in [-0.2, 0) is 6.61 Å². The van der Waals surface area contributed by atoms with Gasteiger partial charge in [0.1, 0.15) is 0 Å². The zero-order valence-electron chi connectivity index (χ0n) is 7.57. The summed E-state index contributed by atoms with van der Waals surface area (Å²) in [5.74, 6) is 0. The third-order valence-electron chi connectivity index (χ3n) is 1.99. The molecule has 0 fully saturated rings. The van der Waals surface area contributed by atoms with Gasteiger partial charge in [-0.2, -0.15) is 5.26 Å². The van der Waals surface area contributed by atoms with Crippen LogP contribution in [0.5, 0.6) is 0 Å². The van der Waals surface area contributed by atoms with Gasteiger partial charge in [0.25, 0.3) is 0 Å². The number of hydrogen-bond donors (Lipinski definition) is 2. The molecule has 3 nitrogen and oxygen atoms in total. The Kier molecular flexibility index (Phi) is 3.90. The predicted molar refractivity (Wildman–Crippen MR) is 54.5 cm³/mol. The van der Waals surface area contributed by atoms with E-state index in [-0.39, 0.29) is 19.1 Å². The van der Waals surface area contributed by atoms with Gasteiger partial charge >= 0.3 is 0 Å². The maximum atomic E-state index is 9.04. The second-order valence-electron chi connectivity index (χ2n) is 2.97. The molecule has 0 heterocycles. The first-order valence-electron chi connectivity index (χ1n) is 4.20. The van der Waals surface area contributed by atoms with Crippen LogP contribution in [0.1, 0.15) is 23.6 Å². The first kappa shape index (κ1) is 11.0. The summed E-state index contributed by atoms with van der Waals surface area (Å²) in [6, 6.07) is 6.70. The molecule has 0 aliphatic rings. The molecule has 0 aromatic heterocycles. The first-order chi connectivity index (χ1) is 6.69. The molecule has 0 aliphatic carbocycles. The Morgan fingerprint density at radius 1 is 1.57 bits per heavy atom. The van der Waals surface area contributed by atoms with Gasteiger partial charge in [-0.15, -0.1) is 0 Å². The summed E-state index contributed by atoms with van der Waals surface area (Å²) in [6.07, 6.45) is 0.216. The molecule has 1 atom stereocenters. The summed E-state index contributed by atoms with van der Waals surface area (Å²) in [5.41, 5.74) is 7.22. The number of aliphatic hydroxyl groups excluding tert-OH is 1. The number of halogens is 1. The highest BCUT2D eigenvalue weighted by Gasteiger charge is 2.10. The standard InChI is InChI=1S/C10H11ClN2O/c11-8-2-1-7(6-14)9(5-8)10(13)3-4-12/h1-2,5,10,14H,3,6,13H2/t10-/m1/s1. The number of benzene rings is 1. The van der Waals surface area contributed by atoms with E-state index in [1.807, 2.05) is 6.07 Å². The number of hydrogen-bond acceptors (Lipinski definition) is 3. The molecule has 0 saturated heterocycles. The molecule has 14 heavy (non-hydrogen) atoms. The number of aliphatic hydroxyl groups is 1. The van der Waals surface area contributed by atoms with E-state index < -0.39 is 0 Å². The Labute approximate surface area is 87.7 Å². The third-order valence-corrected chi connectivity index (χ3v) is 2.22. The first-order valence-corrected chi connectivity index (χ1v) is 4.58. The summed E-state index contributed by atoms with van der Waals surface area (Å²) in [4.78, 5) is 0. The molecular formula is C10H11ClN2O. The van der Waals surface area contributed by atoms with Crippen LogP contribution in [0.3, 0.4) is 0 Å². The minimum Gasteiger partial charge on any atom is -0.392 e. The molecule has 1 rings (SSSR count). The zero-order valence-corrected chi connectivity index (χ0v) is 8.33. The predicted octanol–water partition coefficient (Wildman–Crippen LogP) is 1.75. The van der Waals surface area contributed by atoms with Gasteiger partial charge in [-0.25, -0.2) is 0 Å². The molecule has 3 N–H and O–H groups in total. The molecule has 0 saturated carbocycles. The average Bonchev–Trinajstić information content (AvgIpc) is 2.18. The van der Waals surface area contributed by atoms with Crippen molar-refractivity contribution >= 4 is 11.6 Å². The van der Waals surface area contributed by atoms with Crippen LogP contribution < -0.4 is 5.73 Å². The van der Waals surface area contributed by atoms with Crippen LogP contribution in [0.25, 0.3) is 0 Å². The molecule has 4 heteroatoms. The molecule has 1 aromatic carbocycles. The molecule has 0 bridgehead atoms. The number of nitrogens with zero attached hydrogens (tertiary/aromatic N) is 1. The topological polar surface area (TPSA) is 70.0 Å². The largest absolute Gasteiger partial charge is 0.392 e. The van der Waals surface area contributed by atoms with Crippen molar-refractivity contribution in [1.29, 1.82) is 5.26 Å². The Morgan fingerprint density at radius 3 is 2.86 bits per heavy atom. The zero-order chi connectivity index (χ0) is 10.6. The molecule has 0 spiro atoms. The van der Waals surface area contributed by atoms with Crippen molar-refractivity contribution in [3.05, 3.63) is 34.3 Å². The van der Waals surface area contributed by atoms with Gasteiger partial charge in [-0.1, -0.05) is 17.7 Å². The fourth-order valence-electron chi connectivity index (χ4n) is 1.26. The Bertz CT molecular complexity index is 360.